The highest BCUT2D eigenvalue weighted by Crippen LogP contribution is 2.30. The van der Waals surface area contributed by atoms with Gasteiger partial charge in [-0.25, -0.2) is 0 Å². The van der Waals surface area contributed by atoms with Crippen LogP contribution in [-0.4, -0.2) is 55.6 Å². The van der Waals surface area contributed by atoms with Crippen molar-refractivity contribution in [3.05, 3.63) is 56.5 Å². The van der Waals surface area contributed by atoms with Crippen LogP contribution in [0.1, 0.15) is 0 Å². The highest BCUT2D eigenvalue weighted by atomic mass is 35.5. The molecule has 2 aromatic carbocycles. The van der Waals surface area contributed by atoms with Gasteiger partial charge in [-0.05, 0) is 24.3 Å². The number of anilines is 2. The van der Waals surface area contributed by atoms with Gasteiger partial charge in [-0.1, -0.05) is 58.5 Å². The van der Waals surface area contributed by atoms with E-state index >= 15 is 0 Å². The van der Waals surface area contributed by atoms with E-state index in [4.69, 9.17) is 86.9 Å². The average molecular weight is 592 g/mol. The number of nitrogens with two attached hydrogens (primary N) is 4. The first-order valence-electron chi connectivity index (χ1n) is 9.38. The van der Waals surface area contributed by atoms with Gasteiger partial charge in [0.15, 0.2) is 11.9 Å². The molecule has 0 aliphatic rings. The first-order valence-corrected chi connectivity index (χ1v) is 12.3. The van der Waals surface area contributed by atoms with Gasteiger partial charge in [-0.3, -0.25) is 19.1 Å². The second-order valence-corrected chi connectivity index (χ2v) is 8.63. The maximum absolute atomic E-state index is 8.74. The van der Waals surface area contributed by atoms with Gasteiger partial charge in [0.05, 0.1) is 44.6 Å². The van der Waals surface area contributed by atoms with E-state index in [1.54, 1.807) is 36.4 Å². The van der Waals surface area contributed by atoms with Gasteiger partial charge in [-0.15, -0.1) is 0 Å². The third-order valence-corrected chi connectivity index (χ3v) is 4.60. The Bertz CT molecular complexity index is 976. The highest BCUT2D eigenvalue weighted by Gasteiger charge is 2.04. The van der Waals surface area contributed by atoms with E-state index in [1.165, 1.54) is 0 Å². The zero-order valence-electron chi connectivity index (χ0n) is 18.1. The second kappa shape index (κ2) is 17.1. The summed E-state index contributed by atoms with van der Waals surface area (Å²) < 4.78 is 31.6. The number of nitrogens with one attached hydrogen (secondary N) is 2. The minimum Gasteiger partial charge on any atom is -0.381 e. The molecule has 196 valence electrons. The van der Waals surface area contributed by atoms with Crippen molar-refractivity contribution >= 4 is 80.1 Å². The third-order valence-electron chi connectivity index (χ3n) is 3.34. The molecule has 2 aromatic rings. The molecule has 12 N–H and O–H groups in total. The Morgan fingerprint density at radius 2 is 0.971 bits per heavy atom. The lowest BCUT2D eigenvalue weighted by Crippen LogP contribution is -2.24. The molecule has 0 saturated carbocycles. The predicted octanol–water partition coefficient (Wildman–Crippen LogP) is 2.70. The summed E-state index contributed by atoms with van der Waals surface area (Å²) in [6.07, 6.45) is 0. The average Bonchev–Trinajstić information content (AvgIpc) is 2.71. The first-order chi connectivity index (χ1) is 16.2. The van der Waals surface area contributed by atoms with E-state index in [1.807, 2.05) is 0 Å². The van der Waals surface area contributed by atoms with Crippen molar-refractivity contribution in [3.8, 4) is 0 Å². The molecule has 0 fully saturated rings. The fourth-order valence-electron chi connectivity index (χ4n) is 2.07. The molecular weight excluding hydrogens is 566 g/mol. The molecule has 35 heavy (non-hydrogen) atoms. The van der Waals surface area contributed by atoms with E-state index in [0.717, 1.165) is 0 Å². The summed E-state index contributed by atoms with van der Waals surface area (Å²) in [6, 6.07) is 10.6. The van der Waals surface area contributed by atoms with Gasteiger partial charge in [0, 0.05) is 13.1 Å². The predicted molar refractivity (Wildman–Crippen MR) is 145 cm³/mol. The number of hydrogen-bond acceptors (Lipinski definition) is 6. The van der Waals surface area contributed by atoms with Crippen LogP contribution in [0.4, 0.5) is 11.4 Å². The molecule has 12 nitrogen and oxygen atoms in total. The summed E-state index contributed by atoms with van der Waals surface area (Å²) >= 11 is 23.8. The quantitative estimate of drug-likeness (QED) is 0.0967. The Balaban J connectivity index is 0.000000555. The zero-order valence-corrected chi connectivity index (χ0v) is 22.0. The summed E-state index contributed by atoms with van der Waals surface area (Å²) in [4.78, 5) is 7.65. The van der Waals surface area contributed by atoms with Crippen molar-refractivity contribution in [1.29, 1.82) is 0 Å². The second-order valence-electron chi connectivity index (χ2n) is 6.11. The molecule has 0 bridgehead atoms. The molecular formula is C18H26Cl4N8O4S. The van der Waals surface area contributed by atoms with E-state index < -0.39 is 10.4 Å². The molecule has 0 radical (unpaired) electrons. The van der Waals surface area contributed by atoms with Crippen LogP contribution in [-0.2, 0) is 10.4 Å². The van der Waals surface area contributed by atoms with E-state index in [-0.39, 0.29) is 11.9 Å². The van der Waals surface area contributed by atoms with E-state index in [0.29, 0.717) is 57.6 Å². The lowest BCUT2D eigenvalue weighted by Gasteiger charge is -2.08. The van der Waals surface area contributed by atoms with Crippen LogP contribution in [0, 0.1) is 0 Å². The molecule has 0 aromatic heterocycles. The number of guanidine groups is 2. The summed E-state index contributed by atoms with van der Waals surface area (Å²) in [5, 5.41) is 8.41. The Morgan fingerprint density at radius 3 is 1.20 bits per heavy atom. The molecule has 17 heteroatoms. The number of halogens is 4. The Labute approximate surface area is 223 Å². The maximum atomic E-state index is 8.74. The van der Waals surface area contributed by atoms with Crippen molar-refractivity contribution in [2.45, 2.75) is 0 Å². The fraction of sp³-hybridized carbons (Fsp3) is 0.222. The number of aliphatic imine (C=N–C) groups is 2. The highest BCUT2D eigenvalue weighted by molar-refractivity contribution is 7.79. The van der Waals surface area contributed by atoms with Crippen molar-refractivity contribution in [3.63, 3.8) is 0 Å². The monoisotopic (exact) mass is 590 g/mol. The van der Waals surface area contributed by atoms with E-state index in [2.05, 4.69) is 20.6 Å². The molecule has 0 unspecified atom stereocenters. The van der Waals surface area contributed by atoms with Gasteiger partial charge in [0.25, 0.3) is 0 Å². The molecule has 0 amide bonds. The van der Waals surface area contributed by atoms with Crippen LogP contribution >= 0.6 is 46.4 Å². The van der Waals surface area contributed by atoms with Crippen molar-refractivity contribution in [2.24, 2.45) is 32.9 Å². The SMILES string of the molecule is NC(N)=NCCNc1c(Cl)cccc1Cl.NC(N)=NCCNc1c(Cl)cccc1Cl.O=S(=O)(O)O. The third kappa shape index (κ3) is 17.7. The molecule has 0 aliphatic heterocycles. The van der Waals surface area contributed by atoms with Crippen LogP contribution in [0.3, 0.4) is 0 Å². The van der Waals surface area contributed by atoms with Gasteiger partial charge >= 0.3 is 10.4 Å². The Hall–Kier alpha value is -2.39. The van der Waals surface area contributed by atoms with Crippen molar-refractivity contribution < 1.29 is 17.5 Å². The number of nitrogens with zero attached hydrogens (tertiary/aromatic N) is 2. The van der Waals surface area contributed by atoms with Crippen LogP contribution in [0.15, 0.2) is 46.4 Å². The standard InChI is InChI=1S/2C9H12Cl2N4.H2O4S/c2*10-6-2-1-3-7(11)8(6)14-4-5-15-9(12)13;1-5(2,3)4/h2*1-3,14H,4-5H2,(H4,12,13,15);(H2,1,2,3,4). The largest absolute Gasteiger partial charge is 0.394 e. The molecule has 0 aliphatic carbocycles. The topological polar surface area (TPSA) is 227 Å². The Kier molecular flexibility index (Phi) is 15.9. The molecule has 0 atom stereocenters. The number of hydrogen-bond donors (Lipinski definition) is 8. The number of para-hydroxylation sites is 2. The fourth-order valence-corrected chi connectivity index (χ4v) is 3.13. The zero-order chi connectivity index (χ0) is 27.0. The van der Waals surface area contributed by atoms with E-state index in [9.17, 15) is 0 Å². The smallest absolute Gasteiger partial charge is 0.381 e. The minimum absolute atomic E-state index is 0.0713. The number of benzene rings is 2. The van der Waals surface area contributed by atoms with Crippen LogP contribution in [0.2, 0.25) is 20.1 Å². The summed E-state index contributed by atoms with van der Waals surface area (Å²) in [5.74, 6) is 0.143. The lowest BCUT2D eigenvalue weighted by molar-refractivity contribution is 0.381. The van der Waals surface area contributed by atoms with Crippen molar-refractivity contribution in [1.82, 2.24) is 0 Å². The van der Waals surface area contributed by atoms with Crippen molar-refractivity contribution in [2.75, 3.05) is 36.8 Å². The molecule has 2 rings (SSSR count). The first kappa shape index (κ1) is 32.6. The van der Waals surface area contributed by atoms with Crippen LogP contribution in [0.5, 0.6) is 0 Å². The minimum atomic E-state index is -4.67. The van der Waals surface area contributed by atoms with Gasteiger partial charge < -0.3 is 33.6 Å². The maximum Gasteiger partial charge on any atom is 0.394 e. The van der Waals surface area contributed by atoms with Crippen LogP contribution in [0.25, 0.3) is 0 Å². The van der Waals surface area contributed by atoms with Crippen LogP contribution < -0.4 is 33.6 Å². The molecule has 0 spiro atoms. The lowest BCUT2D eigenvalue weighted by atomic mass is 10.3. The summed E-state index contributed by atoms with van der Waals surface area (Å²) in [5.41, 5.74) is 22.1. The number of rotatable bonds is 8. The summed E-state index contributed by atoms with van der Waals surface area (Å²) in [6.45, 7) is 2.09. The Morgan fingerprint density at radius 1 is 0.714 bits per heavy atom. The van der Waals surface area contributed by atoms with Gasteiger partial charge in [0.1, 0.15) is 0 Å². The van der Waals surface area contributed by atoms with Gasteiger partial charge in [0.2, 0.25) is 0 Å². The van der Waals surface area contributed by atoms with Gasteiger partial charge in [-0.2, -0.15) is 8.42 Å². The molecule has 0 heterocycles. The summed E-state index contributed by atoms with van der Waals surface area (Å²) in [7, 11) is -4.67. The normalized spacial score (nSPS) is 10.0. The molecule has 0 saturated heterocycles.